The van der Waals surface area contributed by atoms with Crippen molar-refractivity contribution in [2.45, 2.75) is 40.0 Å². The highest BCUT2D eigenvalue weighted by Crippen LogP contribution is 2.24. The molecular formula is C16H20N2O2. The average Bonchev–Trinajstić information content (AvgIpc) is 2.76. The minimum absolute atomic E-state index is 0.0609. The second-order valence-electron chi connectivity index (χ2n) is 5.55. The van der Waals surface area contributed by atoms with Crippen LogP contribution in [0.25, 0.3) is 0 Å². The van der Waals surface area contributed by atoms with Gasteiger partial charge in [0.25, 0.3) is 0 Å². The third-order valence-corrected chi connectivity index (χ3v) is 3.30. The van der Waals surface area contributed by atoms with Crippen LogP contribution in [0.5, 0.6) is 0 Å². The molecule has 0 spiro atoms. The Hall–Kier alpha value is -1.97. The fraction of sp³-hybridized carbons (Fsp3) is 0.438. The van der Waals surface area contributed by atoms with E-state index < -0.39 is 0 Å². The molecule has 1 aromatic heterocycles. The number of ketones is 1. The van der Waals surface area contributed by atoms with Crippen LogP contribution in [0.15, 0.2) is 28.8 Å². The molecule has 0 N–H and O–H groups in total. The average molecular weight is 272 g/mol. The van der Waals surface area contributed by atoms with Crippen LogP contribution in [0.2, 0.25) is 0 Å². The van der Waals surface area contributed by atoms with Crippen molar-refractivity contribution >= 4 is 5.78 Å². The Labute approximate surface area is 119 Å². The number of benzene rings is 1. The summed E-state index contributed by atoms with van der Waals surface area (Å²) in [5.41, 5.74) is 2.34. The van der Waals surface area contributed by atoms with Gasteiger partial charge in [-0.25, -0.2) is 0 Å². The van der Waals surface area contributed by atoms with Crippen LogP contribution in [0.1, 0.15) is 49.5 Å². The Balaban J connectivity index is 2.18. The van der Waals surface area contributed by atoms with Crippen LogP contribution in [-0.2, 0) is 11.2 Å². The van der Waals surface area contributed by atoms with Crippen LogP contribution < -0.4 is 0 Å². The number of aromatic nitrogens is 2. The smallest absolute Gasteiger partial charge is 0.237 e. The first-order chi connectivity index (χ1) is 9.47. The molecule has 0 fully saturated rings. The lowest BCUT2D eigenvalue weighted by molar-refractivity contribution is -0.119. The quantitative estimate of drug-likeness (QED) is 0.838. The fourth-order valence-electron chi connectivity index (χ4n) is 2.40. The Morgan fingerprint density at radius 2 is 2.10 bits per heavy atom. The first-order valence-corrected chi connectivity index (χ1v) is 6.86. The van der Waals surface area contributed by atoms with Gasteiger partial charge in [0.05, 0.1) is 5.92 Å². The van der Waals surface area contributed by atoms with Gasteiger partial charge in [-0.05, 0) is 25.3 Å². The van der Waals surface area contributed by atoms with E-state index in [0.717, 1.165) is 5.56 Å². The molecule has 0 radical (unpaired) electrons. The van der Waals surface area contributed by atoms with Crippen LogP contribution >= 0.6 is 0 Å². The minimum Gasteiger partial charge on any atom is -0.339 e. The van der Waals surface area contributed by atoms with Gasteiger partial charge in [0.1, 0.15) is 5.78 Å². The maximum absolute atomic E-state index is 11.7. The molecule has 0 saturated carbocycles. The summed E-state index contributed by atoms with van der Waals surface area (Å²) in [6, 6.07) is 8.20. The third-order valence-electron chi connectivity index (χ3n) is 3.30. The van der Waals surface area contributed by atoms with Gasteiger partial charge in [0.15, 0.2) is 5.82 Å². The van der Waals surface area contributed by atoms with Crippen molar-refractivity contribution in [1.82, 2.24) is 10.1 Å². The van der Waals surface area contributed by atoms with Crippen molar-refractivity contribution in [3.8, 4) is 0 Å². The molecule has 1 atom stereocenters. The first kappa shape index (κ1) is 14.4. The van der Waals surface area contributed by atoms with E-state index in [4.69, 9.17) is 4.52 Å². The van der Waals surface area contributed by atoms with Crippen molar-refractivity contribution in [2.75, 3.05) is 0 Å². The summed E-state index contributed by atoms with van der Waals surface area (Å²) >= 11 is 0. The normalized spacial score (nSPS) is 12.7. The fourth-order valence-corrected chi connectivity index (χ4v) is 2.40. The molecule has 0 aliphatic heterocycles. The summed E-state index contributed by atoms with van der Waals surface area (Å²) in [5.74, 6) is 0.951. The maximum Gasteiger partial charge on any atom is 0.237 e. The van der Waals surface area contributed by atoms with E-state index in [1.54, 1.807) is 6.92 Å². The molecule has 4 nitrogen and oxygen atoms in total. The number of carbonyl (C=O) groups excluding carboxylic acids is 1. The van der Waals surface area contributed by atoms with Crippen molar-refractivity contribution in [2.24, 2.45) is 5.92 Å². The Kier molecular flexibility index (Phi) is 4.32. The Morgan fingerprint density at radius 3 is 2.70 bits per heavy atom. The van der Waals surface area contributed by atoms with Crippen molar-refractivity contribution in [3.05, 3.63) is 47.1 Å². The molecule has 1 unspecified atom stereocenters. The molecule has 0 amide bonds. The highest BCUT2D eigenvalue weighted by atomic mass is 16.5. The number of carbonyl (C=O) groups is 1. The zero-order valence-electron chi connectivity index (χ0n) is 12.4. The van der Waals surface area contributed by atoms with E-state index in [1.165, 1.54) is 5.56 Å². The molecule has 0 bridgehead atoms. The number of aryl methyl sites for hydroxylation is 1. The summed E-state index contributed by atoms with van der Waals surface area (Å²) in [7, 11) is 0. The Morgan fingerprint density at radius 1 is 1.35 bits per heavy atom. The van der Waals surface area contributed by atoms with Crippen LogP contribution in [0.4, 0.5) is 0 Å². The predicted molar refractivity (Wildman–Crippen MR) is 76.5 cm³/mol. The summed E-state index contributed by atoms with van der Waals surface area (Å²) in [6.07, 6.45) is 0.619. The predicted octanol–water partition coefficient (Wildman–Crippen LogP) is 3.30. The van der Waals surface area contributed by atoms with Crippen molar-refractivity contribution in [1.29, 1.82) is 0 Å². The van der Waals surface area contributed by atoms with Gasteiger partial charge in [-0.1, -0.05) is 48.8 Å². The van der Waals surface area contributed by atoms with Crippen LogP contribution in [0, 0.1) is 12.8 Å². The lowest BCUT2D eigenvalue weighted by Crippen LogP contribution is -2.15. The van der Waals surface area contributed by atoms with E-state index in [9.17, 15) is 4.79 Å². The number of Topliss-reactive ketones (excluding diaryl/α,β-unsaturated/α-hetero) is 1. The highest BCUT2D eigenvalue weighted by molar-refractivity contribution is 5.82. The third kappa shape index (κ3) is 3.32. The molecule has 1 aromatic carbocycles. The van der Waals surface area contributed by atoms with Gasteiger partial charge < -0.3 is 4.52 Å². The maximum atomic E-state index is 11.7. The highest BCUT2D eigenvalue weighted by Gasteiger charge is 2.26. The second-order valence-corrected chi connectivity index (χ2v) is 5.55. The zero-order chi connectivity index (χ0) is 14.7. The van der Waals surface area contributed by atoms with Crippen LogP contribution in [0.3, 0.4) is 0 Å². The molecule has 2 rings (SSSR count). The van der Waals surface area contributed by atoms with Gasteiger partial charge in [-0.3, -0.25) is 4.79 Å². The number of nitrogens with zero attached hydrogens (tertiary/aromatic N) is 2. The molecule has 0 aliphatic carbocycles. The van der Waals surface area contributed by atoms with Gasteiger partial charge >= 0.3 is 0 Å². The molecule has 2 aromatic rings. The van der Waals surface area contributed by atoms with Gasteiger partial charge in [0.2, 0.25) is 5.89 Å². The summed E-state index contributed by atoms with van der Waals surface area (Å²) in [6.45, 7) is 7.58. The van der Waals surface area contributed by atoms with E-state index in [-0.39, 0.29) is 17.6 Å². The molecule has 0 aliphatic rings. The SMILES string of the molecule is CC(=O)C(c1nc(Cc2cccc(C)c2)no1)C(C)C. The van der Waals surface area contributed by atoms with E-state index in [1.807, 2.05) is 26.0 Å². The molecule has 0 saturated heterocycles. The molecule has 1 heterocycles. The number of hydrogen-bond acceptors (Lipinski definition) is 4. The minimum atomic E-state index is -0.311. The lowest BCUT2D eigenvalue weighted by atomic mass is 9.92. The second kappa shape index (κ2) is 5.99. The van der Waals surface area contributed by atoms with Crippen molar-refractivity contribution < 1.29 is 9.32 Å². The monoisotopic (exact) mass is 272 g/mol. The topological polar surface area (TPSA) is 56.0 Å². The summed E-state index contributed by atoms with van der Waals surface area (Å²) < 4.78 is 5.27. The van der Waals surface area contributed by atoms with Crippen LogP contribution in [-0.4, -0.2) is 15.9 Å². The number of rotatable bonds is 5. The first-order valence-electron chi connectivity index (χ1n) is 6.86. The van der Waals surface area contributed by atoms with E-state index in [2.05, 4.69) is 29.2 Å². The molecule has 106 valence electrons. The van der Waals surface area contributed by atoms with E-state index >= 15 is 0 Å². The lowest BCUT2D eigenvalue weighted by Gasteiger charge is -2.12. The van der Waals surface area contributed by atoms with Gasteiger partial charge in [0, 0.05) is 6.42 Å². The zero-order valence-corrected chi connectivity index (χ0v) is 12.4. The summed E-state index contributed by atoms with van der Waals surface area (Å²) in [4.78, 5) is 16.0. The summed E-state index contributed by atoms with van der Waals surface area (Å²) in [5, 5.41) is 3.99. The van der Waals surface area contributed by atoms with E-state index in [0.29, 0.717) is 18.1 Å². The number of hydrogen-bond donors (Lipinski definition) is 0. The van der Waals surface area contributed by atoms with Gasteiger partial charge in [-0.15, -0.1) is 0 Å². The molecule has 4 heteroatoms. The van der Waals surface area contributed by atoms with Gasteiger partial charge in [-0.2, -0.15) is 4.98 Å². The molecule has 20 heavy (non-hydrogen) atoms. The standard InChI is InChI=1S/C16H20N2O2/c1-10(2)15(12(4)19)16-17-14(18-20-16)9-13-7-5-6-11(3)8-13/h5-8,10,15H,9H2,1-4H3. The van der Waals surface area contributed by atoms with Crippen molar-refractivity contribution in [3.63, 3.8) is 0 Å². The Bertz CT molecular complexity index is 602. The molecular weight excluding hydrogens is 252 g/mol. The largest absolute Gasteiger partial charge is 0.339 e.